The molecule has 3 aromatic rings. The van der Waals surface area contributed by atoms with Gasteiger partial charge in [0, 0.05) is 31.0 Å². The van der Waals surface area contributed by atoms with Crippen molar-refractivity contribution in [2.45, 2.75) is 0 Å². The molecular formula is C17H16N4O3. The van der Waals surface area contributed by atoms with Crippen molar-refractivity contribution in [3.63, 3.8) is 0 Å². The number of rotatable bonds is 6. The van der Waals surface area contributed by atoms with Gasteiger partial charge in [-0.25, -0.2) is 4.68 Å². The van der Waals surface area contributed by atoms with Crippen LogP contribution in [-0.4, -0.2) is 34.7 Å². The zero-order valence-corrected chi connectivity index (χ0v) is 12.8. The Morgan fingerprint density at radius 1 is 1.00 bits per heavy atom. The van der Waals surface area contributed by atoms with Gasteiger partial charge in [-0.2, -0.15) is 5.10 Å². The molecule has 2 heterocycles. The van der Waals surface area contributed by atoms with E-state index in [0.717, 1.165) is 5.69 Å². The maximum atomic E-state index is 12.1. The van der Waals surface area contributed by atoms with Crippen LogP contribution in [0.3, 0.4) is 0 Å². The monoisotopic (exact) mass is 324 g/mol. The van der Waals surface area contributed by atoms with E-state index in [-0.39, 0.29) is 17.6 Å². The van der Waals surface area contributed by atoms with Crippen molar-refractivity contribution in [3.8, 4) is 5.69 Å². The third-order valence-electron chi connectivity index (χ3n) is 3.34. The largest absolute Gasteiger partial charge is 0.459 e. The number of nitrogens with zero attached hydrogens (tertiary/aromatic N) is 2. The number of amides is 2. The lowest BCUT2D eigenvalue weighted by Crippen LogP contribution is -2.34. The summed E-state index contributed by atoms with van der Waals surface area (Å²) >= 11 is 0. The summed E-state index contributed by atoms with van der Waals surface area (Å²) in [6, 6.07) is 12.2. The summed E-state index contributed by atoms with van der Waals surface area (Å²) in [5.41, 5.74) is 1.42. The third kappa shape index (κ3) is 3.70. The molecule has 2 N–H and O–H groups in total. The van der Waals surface area contributed by atoms with Crippen molar-refractivity contribution in [1.82, 2.24) is 20.4 Å². The number of nitrogens with one attached hydrogen (secondary N) is 2. The summed E-state index contributed by atoms with van der Waals surface area (Å²) in [7, 11) is 0. The van der Waals surface area contributed by atoms with Crippen LogP contribution >= 0.6 is 0 Å². The molecule has 0 aliphatic carbocycles. The first kappa shape index (κ1) is 15.5. The fourth-order valence-electron chi connectivity index (χ4n) is 2.14. The molecule has 0 unspecified atom stereocenters. The Labute approximate surface area is 138 Å². The van der Waals surface area contributed by atoms with Gasteiger partial charge in [0.2, 0.25) is 0 Å². The summed E-state index contributed by atoms with van der Waals surface area (Å²) in [6.45, 7) is 0.642. The highest BCUT2D eigenvalue weighted by Crippen LogP contribution is 2.08. The van der Waals surface area contributed by atoms with E-state index < -0.39 is 0 Å². The molecule has 2 aromatic heterocycles. The molecule has 7 nitrogen and oxygen atoms in total. The van der Waals surface area contributed by atoms with Gasteiger partial charge in [0.25, 0.3) is 11.8 Å². The van der Waals surface area contributed by atoms with E-state index in [1.807, 2.05) is 24.4 Å². The van der Waals surface area contributed by atoms with Crippen LogP contribution in [0, 0.1) is 0 Å². The number of furan rings is 1. The quantitative estimate of drug-likeness (QED) is 0.674. The second-order valence-corrected chi connectivity index (χ2v) is 4.99. The van der Waals surface area contributed by atoms with Crippen LogP contribution < -0.4 is 10.6 Å². The van der Waals surface area contributed by atoms with E-state index >= 15 is 0 Å². The topological polar surface area (TPSA) is 89.2 Å². The Hall–Kier alpha value is -3.35. The van der Waals surface area contributed by atoms with Gasteiger partial charge in [-0.05, 0) is 42.5 Å². The van der Waals surface area contributed by atoms with Crippen molar-refractivity contribution in [2.75, 3.05) is 13.1 Å². The molecule has 0 saturated heterocycles. The zero-order chi connectivity index (χ0) is 16.8. The Bertz CT molecular complexity index is 793. The Kier molecular flexibility index (Phi) is 4.71. The molecule has 24 heavy (non-hydrogen) atoms. The minimum absolute atomic E-state index is 0.200. The molecule has 0 radical (unpaired) electrons. The minimum Gasteiger partial charge on any atom is -0.459 e. The summed E-state index contributed by atoms with van der Waals surface area (Å²) in [4.78, 5) is 23.7. The van der Waals surface area contributed by atoms with Crippen LogP contribution in [0.2, 0.25) is 0 Å². The lowest BCUT2D eigenvalue weighted by molar-refractivity contribution is 0.0910. The van der Waals surface area contributed by atoms with Crippen molar-refractivity contribution < 1.29 is 14.0 Å². The second-order valence-electron chi connectivity index (χ2n) is 4.99. The average Bonchev–Trinajstić information content (AvgIpc) is 3.32. The fraction of sp³-hybridized carbons (Fsp3) is 0.118. The average molecular weight is 324 g/mol. The maximum Gasteiger partial charge on any atom is 0.287 e. The molecule has 0 aliphatic rings. The van der Waals surface area contributed by atoms with Crippen molar-refractivity contribution >= 4 is 11.8 Å². The summed E-state index contributed by atoms with van der Waals surface area (Å²) in [5, 5.41) is 9.54. The predicted molar refractivity (Wildman–Crippen MR) is 86.9 cm³/mol. The molecule has 0 saturated carbocycles. The fourth-order valence-corrected chi connectivity index (χ4v) is 2.14. The molecule has 3 rings (SSSR count). The van der Waals surface area contributed by atoms with Crippen molar-refractivity contribution in [1.29, 1.82) is 0 Å². The molecule has 0 fully saturated rings. The van der Waals surface area contributed by atoms with E-state index in [2.05, 4.69) is 15.7 Å². The van der Waals surface area contributed by atoms with Crippen LogP contribution in [-0.2, 0) is 0 Å². The molecule has 0 aliphatic heterocycles. The highest BCUT2D eigenvalue weighted by atomic mass is 16.3. The van der Waals surface area contributed by atoms with E-state index in [0.29, 0.717) is 18.7 Å². The smallest absolute Gasteiger partial charge is 0.287 e. The van der Waals surface area contributed by atoms with Gasteiger partial charge in [-0.1, -0.05) is 0 Å². The third-order valence-corrected chi connectivity index (χ3v) is 3.34. The molecule has 0 atom stereocenters. The number of carbonyl (C=O) groups is 2. The Balaban J connectivity index is 1.46. The van der Waals surface area contributed by atoms with Crippen LogP contribution in [0.1, 0.15) is 20.9 Å². The van der Waals surface area contributed by atoms with Gasteiger partial charge in [-0.15, -0.1) is 0 Å². The predicted octanol–water partition coefficient (Wildman–Crippen LogP) is 1.63. The maximum absolute atomic E-state index is 12.1. The van der Waals surface area contributed by atoms with Gasteiger partial charge in [0.05, 0.1) is 12.0 Å². The lowest BCUT2D eigenvalue weighted by atomic mass is 10.2. The molecule has 0 spiro atoms. The van der Waals surface area contributed by atoms with Crippen LogP contribution in [0.4, 0.5) is 0 Å². The number of benzene rings is 1. The van der Waals surface area contributed by atoms with E-state index in [4.69, 9.17) is 4.42 Å². The van der Waals surface area contributed by atoms with Gasteiger partial charge >= 0.3 is 0 Å². The number of hydrogen-bond donors (Lipinski definition) is 2. The summed E-state index contributed by atoms with van der Waals surface area (Å²) in [6.07, 6.45) is 4.96. The molecule has 2 amide bonds. The molecule has 1 aromatic carbocycles. The highest BCUT2D eigenvalue weighted by molar-refractivity contribution is 5.94. The number of carbonyl (C=O) groups excluding carboxylic acids is 2. The van der Waals surface area contributed by atoms with Gasteiger partial charge in [0.15, 0.2) is 5.76 Å². The van der Waals surface area contributed by atoms with Crippen LogP contribution in [0.15, 0.2) is 65.5 Å². The molecule has 0 bridgehead atoms. The first-order valence-electron chi connectivity index (χ1n) is 7.44. The lowest BCUT2D eigenvalue weighted by Gasteiger charge is -2.07. The van der Waals surface area contributed by atoms with E-state index in [1.165, 1.54) is 6.26 Å². The molecule has 122 valence electrons. The minimum atomic E-state index is -0.308. The normalized spacial score (nSPS) is 10.3. The van der Waals surface area contributed by atoms with Crippen LogP contribution in [0.25, 0.3) is 5.69 Å². The SMILES string of the molecule is O=C(NCCNC(=O)c1ccco1)c1ccc(-n2cccn2)cc1. The standard InChI is InChI=1S/C17H16N4O3/c22-16(18-9-10-19-17(23)15-3-1-12-24-15)13-4-6-14(7-5-13)21-11-2-8-20-21/h1-8,11-12H,9-10H2,(H,18,22)(H,19,23). The number of aromatic nitrogens is 2. The Morgan fingerprint density at radius 2 is 1.75 bits per heavy atom. The second kappa shape index (κ2) is 7.28. The van der Waals surface area contributed by atoms with Crippen LogP contribution in [0.5, 0.6) is 0 Å². The van der Waals surface area contributed by atoms with Gasteiger partial charge < -0.3 is 15.1 Å². The number of hydrogen-bond acceptors (Lipinski definition) is 4. The summed E-state index contributed by atoms with van der Waals surface area (Å²) in [5.74, 6) is -0.261. The van der Waals surface area contributed by atoms with Crippen molar-refractivity contribution in [3.05, 3.63) is 72.4 Å². The van der Waals surface area contributed by atoms with Crippen molar-refractivity contribution in [2.24, 2.45) is 0 Å². The van der Waals surface area contributed by atoms with E-state index in [9.17, 15) is 9.59 Å². The Morgan fingerprint density at radius 3 is 2.38 bits per heavy atom. The molecule has 7 heteroatoms. The highest BCUT2D eigenvalue weighted by Gasteiger charge is 2.08. The first-order chi connectivity index (χ1) is 11.7. The zero-order valence-electron chi connectivity index (χ0n) is 12.8. The first-order valence-corrected chi connectivity index (χ1v) is 7.44. The summed E-state index contributed by atoms with van der Waals surface area (Å²) < 4.78 is 6.69. The van der Waals surface area contributed by atoms with Gasteiger partial charge in [-0.3, -0.25) is 9.59 Å². The van der Waals surface area contributed by atoms with Gasteiger partial charge in [0.1, 0.15) is 0 Å². The van der Waals surface area contributed by atoms with E-state index in [1.54, 1.807) is 35.1 Å². The molecular weight excluding hydrogens is 308 g/mol.